The highest BCUT2D eigenvalue weighted by Gasteiger charge is 2.18. The minimum Gasteiger partial charge on any atom is -0.317 e. The molecule has 1 aromatic carbocycles. The van der Waals surface area contributed by atoms with Crippen molar-refractivity contribution in [2.75, 3.05) is 13.1 Å². The first-order valence-electron chi connectivity index (χ1n) is 4.93. The van der Waals surface area contributed by atoms with Crippen LogP contribution in [-0.2, 0) is 0 Å². The molecule has 1 N–H and O–H groups in total. The van der Waals surface area contributed by atoms with Crippen molar-refractivity contribution in [3.05, 3.63) is 34.6 Å². The fourth-order valence-corrected chi connectivity index (χ4v) is 2.14. The summed E-state index contributed by atoms with van der Waals surface area (Å²) in [7, 11) is 0. The average Bonchev–Trinajstić information content (AvgIpc) is 2.23. The maximum atomic E-state index is 13.5. The van der Waals surface area contributed by atoms with Crippen LogP contribution in [0.1, 0.15) is 24.3 Å². The molecule has 0 aliphatic carbocycles. The van der Waals surface area contributed by atoms with E-state index in [9.17, 15) is 4.39 Å². The summed E-state index contributed by atoms with van der Waals surface area (Å²) in [4.78, 5) is 0. The van der Waals surface area contributed by atoms with E-state index < -0.39 is 0 Å². The van der Waals surface area contributed by atoms with Crippen molar-refractivity contribution >= 4 is 24.0 Å². The van der Waals surface area contributed by atoms with Crippen molar-refractivity contribution < 1.29 is 4.39 Å². The smallest absolute Gasteiger partial charge is 0.126 e. The van der Waals surface area contributed by atoms with E-state index in [0.29, 0.717) is 10.9 Å². The van der Waals surface area contributed by atoms with Crippen LogP contribution >= 0.6 is 24.0 Å². The third-order valence-electron chi connectivity index (χ3n) is 2.74. The van der Waals surface area contributed by atoms with Crippen molar-refractivity contribution in [3.8, 4) is 0 Å². The first-order valence-corrected chi connectivity index (χ1v) is 5.31. The van der Waals surface area contributed by atoms with E-state index in [-0.39, 0.29) is 18.2 Å². The number of nitrogens with one attached hydrogen (secondary N) is 1. The molecule has 0 atom stereocenters. The number of benzene rings is 1. The molecule has 1 heterocycles. The third kappa shape index (κ3) is 3.07. The van der Waals surface area contributed by atoms with Crippen LogP contribution in [0.5, 0.6) is 0 Å². The van der Waals surface area contributed by atoms with E-state index in [4.69, 9.17) is 11.6 Å². The summed E-state index contributed by atoms with van der Waals surface area (Å²) in [6.45, 7) is 1.94. The van der Waals surface area contributed by atoms with Gasteiger partial charge in [0.2, 0.25) is 0 Å². The van der Waals surface area contributed by atoms with Crippen LogP contribution in [0.15, 0.2) is 18.2 Å². The molecular formula is C11H14Cl2FN. The topological polar surface area (TPSA) is 12.0 Å². The van der Waals surface area contributed by atoms with Crippen molar-refractivity contribution in [2.24, 2.45) is 0 Å². The highest BCUT2D eigenvalue weighted by molar-refractivity contribution is 6.30. The molecule has 2 rings (SSSR count). The van der Waals surface area contributed by atoms with Crippen LogP contribution in [-0.4, -0.2) is 13.1 Å². The molecule has 0 bridgehead atoms. The lowest BCUT2D eigenvalue weighted by Gasteiger charge is -2.23. The van der Waals surface area contributed by atoms with Gasteiger partial charge in [-0.1, -0.05) is 11.6 Å². The minimum absolute atomic E-state index is 0. The van der Waals surface area contributed by atoms with E-state index in [1.165, 1.54) is 6.07 Å². The number of rotatable bonds is 1. The quantitative estimate of drug-likeness (QED) is 0.805. The lowest BCUT2D eigenvalue weighted by Crippen LogP contribution is -2.27. The Bertz CT molecular complexity index is 324. The van der Waals surface area contributed by atoms with Gasteiger partial charge in [0.1, 0.15) is 5.82 Å². The van der Waals surface area contributed by atoms with Crippen molar-refractivity contribution in [2.45, 2.75) is 18.8 Å². The zero-order chi connectivity index (χ0) is 9.97. The van der Waals surface area contributed by atoms with Crippen LogP contribution in [0, 0.1) is 5.82 Å². The molecular weight excluding hydrogens is 236 g/mol. The first-order chi connectivity index (χ1) is 6.77. The molecule has 0 saturated carbocycles. The Morgan fingerprint density at radius 3 is 2.60 bits per heavy atom. The van der Waals surface area contributed by atoms with Crippen LogP contribution in [0.2, 0.25) is 5.02 Å². The summed E-state index contributed by atoms with van der Waals surface area (Å²) in [6, 6.07) is 4.81. The molecule has 84 valence electrons. The van der Waals surface area contributed by atoms with Crippen LogP contribution in [0.25, 0.3) is 0 Å². The Morgan fingerprint density at radius 2 is 1.93 bits per heavy atom. The molecule has 1 aromatic rings. The zero-order valence-corrected chi connectivity index (χ0v) is 9.87. The van der Waals surface area contributed by atoms with Gasteiger partial charge in [0.05, 0.1) is 0 Å². The second-order valence-electron chi connectivity index (χ2n) is 3.69. The highest BCUT2D eigenvalue weighted by Crippen LogP contribution is 2.29. The molecule has 0 radical (unpaired) electrons. The lowest BCUT2D eigenvalue weighted by molar-refractivity contribution is 0.445. The molecule has 1 nitrogen and oxygen atoms in total. The predicted octanol–water partition coefficient (Wildman–Crippen LogP) is 3.37. The van der Waals surface area contributed by atoms with E-state index in [2.05, 4.69) is 5.32 Å². The zero-order valence-electron chi connectivity index (χ0n) is 8.30. The van der Waals surface area contributed by atoms with Gasteiger partial charge >= 0.3 is 0 Å². The summed E-state index contributed by atoms with van der Waals surface area (Å²) >= 11 is 5.85. The standard InChI is InChI=1S/C11H13ClFN.ClH/c12-9-1-2-11(13)10(7-9)8-3-5-14-6-4-8;/h1-2,7-8,14H,3-6H2;1H. The summed E-state index contributed by atoms with van der Waals surface area (Å²) in [6.07, 6.45) is 1.99. The van der Waals surface area contributed by atoms with Crippen molar-refractivity contribution in [1.82, 2.24) is 5.32 Å². The predicted molar refractivity (Wildman–Crippen MR) is 63.5 cm³/mol. The van der Waals surface area contributed by atoms with E-state index in [1.54, 1.807) is 12.1 Å². The van der Waals surface area contributed by atoms with Gasteiger partial charge in [0.25, 0.3) is 0 Å². The molecule has 0 amide bonds. The molecule has 0 spiro atoms. The van der Waals surface area contributed by atoms with Gasteiger partial charge in [-0.2, -0.15) is 0 Å². The molecule has 1 aliphatic rings. The molecule has 1 aliphatic heterocycles. The van der Waals surface area contributed by atoms with E-state index in [0.717, 1.165) is 31.5 Å². The molecule has 0 aromatic heterocycles. The summed E-state index contributed by atoms with van der Waals surface area (Å²) in [5.74, 6) is 0.205. The average molecular weight is 250 g/mol. The number of hydrogen-bond donors (Lipinski definition) is 1. The van der Waals surface area contributed by atoms with Crippen LogP contribution in [0.3, 0.4) is 0 Å². The Kier molecular flexibility index (Phi) is 4.84. The van der Waals surface area contributed by atoms with Crippen molar-refractivity contribution in [3.63, 3.8) is 0 Å². The maximum absolute atomic E-state index is 13.5. The normalized spacial score (nSPS) is 17.2. The minimum atomic E-state index is -0.124. The monoisotopic (exact) mass is 249 g/mol. The van der Waals surface area contributed by atoms with Gasteiger partial charge in [-0.25, -0.2) is 4.39 Å². The third-order valence-corrected chi connectivity index (χ3v) is 2.97. The Hall–Kier alpha value is -0.310. The molecule has 0 unspecified atom stereocenters. The van der Waals surface area contributed by atoms with E-state index >= 15 is 0 Å². The van der Waals surface area contributed by atoms with Gasteiger partial charge < -0.3 is 5.32 Å². The Balaban J connectivity index is 0.00000112. The number of hydrogen-bond acceptors (Lipinski definition) is 1. The second-order valence-corrected chi connectivity index (χ2v) is 4.13. The Labute approximate surface area is 100 Å². The Morgan fingerprint density at radius 1 is 1.27 bits per heavy atom. The van der Waals surface area contributed by atoms with Crippen molar-refractivity contribution in [1.29, 1.82) is 0 Å². The van der Waals surface area contributed by atoms with Gasteiger partial charge in [-0.05, 0) is 55.6 Å². The summed E-state index contributed by atoms with van der Waals surface area (Å²) in [5, 5.41) is 3.89. The van der Waals surface area contributed by atoms with Gasteiger partial charge in [0.15, 0.2) is 0 Å². The van der Waals surface area contributed by atoms with Gasteiger partial charge in [0, 0.05) is 5.02 Å². The van der Waals surface area contributed by atoms with Crippen LogP contribution in [0.4, 0.5) is 4.39 Å². The molecule has 4 heteroatoms. The number of halogens is 3. The molecule has 1 fully saturated rings. The van der Waals surface area contributed by atoms with E-state index in [1.807, 2.05) is 0 Å². The highest BCUT2D eigenvalue weighted by atomic mass is 35.5. The fraction of sp³-hybridized carbons (Fsp3) is 0.455. The summed E-state index contributed by atoms with van der Waals surface area (Å²) < 4.78 is 13.5. The largest absolute Gasteiger partial charge is 0.317 e. The lowest BCUT2D eigenvalue weighted by atomic mass is 9.90. The molecule has 1 saturated heterocycles. The number of piperidine rings is 1. The SMILES string of the molecule is Cl.Fc1ccc(Cl)cc1C1CCNCC1. The summed E-state index contributed by atoms with van der Waals surface area (Å²) in [5.41, 5.74) is 0.777. The first kappa shape index (κ1) is 12.8. The second kappa shape index (κ2) is 5.69. The fourth-order valence-electron chi connectivity index (χ4n) is 1.96. The van der Waals surface area contributed by atoms with Crippen LogP contribution < -0.4 is 5.32 Å². The molecule has 15 heavy (non-hydrogen) atoms. The van der Waals surface area contributed by atoms with Gasteiger partial charge in [-0.3, -0.25) is 0 Å². The van der Waals surface area contributed by atoms with Gasteiger partial charge in [-0.15, -0.1) is 12.4 Å². The maximum Gasteiger partial charge on any atom is 0.126 e.